The lowest BCUT2D eigenvalue weighted by atomic mass is 9.80. The molecule has 1 aliphatic rings. The van der Waals surface area contributed by atoms with Crippen LogP contribution in [0.25, 0.3) is 0 Å². The van der Waals surface area contributed by atoms with E-state index in [1.165, 1.54) is 0 Å². The lowest BCUT2D eigenvalue weighted by Crippen LogP contribution is -2.35. The van der Waals surface area contributed by atoms with Crippen molar-refractivity contribution in [3.05, 3.63) is 11.6 Å². The minimum absolute atomic E-state index is 0.212. The summed E-state index contributed by atoms with van der Waals surface area (Å²) in [6.45, 7) is 4.61. The predicted octanol–water partition coefficient (Wildman–Crippen LogP) is 1.71. The van der Waals surface area contributed by atoms with E-state index < -0.39 is 11.8 Å². The highest BCUT2D eigenvalue weighted by Gasteiger charge is 2.37. The zero-order valence-electron chi connectivity index (χ0n) is 11.8. The first-order chi connectivity index (χ1) is 9.10. The lowest BCUT2D eigenvalue weighted by molar-refractivity contribution is -0.161. The Morgan fingerprint density at radius 1 is 1.21 bits per heavy atom. The van der Waals surface area contributed by atoms with E-state index in [-0.39, 0.29) is 18.5 Å². The molecule has 0 aromatic rings. The number of esters is 2. The van der Waals surface area contributed by atoms with Crippen LogP contribution in [0.3, 0.4) is 0 Å². The van der Waals surface area contributed by atoms with Crippen LogP contribution in [0.15, 0.2) is 11.6 Å². The Kier molecular flexibility index (Phi) is 6.56. The number of carbonyl (C=O) groups excluding carboxylic acids is 2. The predicted molar refractivity (Wildman–Crippen MR) is 69.4 cm³/mol. The summed E-state index contributed by atoms with van der Waals surface area (Å²) in [4.78, 5) is 23.9. The van der Waals surface area contributed by atoms with E-state index >= 15 is 0 Å². The van der Waals surface area contributed by atoms with Crippen LogP contribution in [0.2, 0.25) is 0 Å². The first-order valence-corrected chi connectivity index (χ1v) is 6.58. The summed E-state index contributed by atoms with van der Waals surface area (Å²) in [7, 11) is 1.54. The molecule has 19 heavy (non-hydrogen) atoms. The Balaban J connectivity index is 2.66. The molecular formula is C14H22O5. The van der Waals surface area contributed by atoms with Gasteiger partial charge in [-0.2, -0.15) is 0 Å². The van der Waals surface area contributed by atoms with Crippen LogP contribution in [0.1, 0.15) is 26.7 Å². The molecule has 108 valence electrons. The minimum Gasteiger partial charge on any atom is -0.466 e. The third kappa shape index (κ3) is 4.67. The standard InChI is InChI=1S/C14H22O5/c1-4-18-13(15)11-6-5-10(2)9-12(11)14(16)19-8-7-17-3/h5,11-12H,4,6-9H2,1-3H3/t11-,12-/m1/s1. The Morgan fingerprint density at radius 3 is 2.53 bits per heavy atom. The average Bonchev–Trinajstić information content (AvgIpc) is 2.39. The Morgan fingerprint density at radius 2 is 1.89 bits per heavy atom. The van der Waals surface area contributed by atoms with E-state index in [9.17, 15) is 9.59 Å². The van der Waals surface area contributed by atoms with Crippen LogP contribution >= 0.6 is 0 Å². The highest BCUT2D eigenvalue weighted by atomic mass is 16.6. The molecule has 0 bridgehead atoms. The Bertz CT molecular complexity index is 348. The van der Waals surface area contributed by atoms with Gasteiger partial charge in [0, 0.05) is 7.11 Å². The molecule has 0 fully saturated rings. The van der Waals surface area contributed by atoms with Gasteiger partial charge >= 0.3 is 11.9 Å². The summed E-state index contributed by atoms with van der Waals surface area (Å²) >= 11 is 0. The molecule has 0 N–H and O–H groups in total. The van der Waals surface area contributed by atoms with Gasteiger partial charge in [-0.25, -0.2) is 0 Å². The molecule has 0 unspecified atom stereocenters. The quantitative estimate of drug-likeness (QED) is 0.418. The SMILES string of the molecule is CCOC(=O)[C@@H]1CC=C(C)C[C@H]1C(=O)OCCOC. The fraction of sp³-hybridized carbons (Fsp3) is 0.714. The van der Waals surface area contributed by atoms with Crippen LogP contribution in [-0.2, 0) is 23.8 Å². The molecule has 0 spiro atoms. The number of methoxy groups -OCH3 is 1. The van der Waals surface area contributed by atoms with Crippen molar-refractivity contribution < 1.29 is 23.8 Å². The second-order valence-corrected chi connectivity index (χ2v) is 4.62. The molecule has 5 nitrogen and oxygen atoms in total. The summed E-state index contributed by atoms with van der Waals surface area (Å²) in [6, 6.07) is 0. The topological polar surface area (TPSA) is 61.8 Å². The fourth-order valence-corrected chi connectivity index (χ4v) is 2.15. The van der Waals surface area contributed by atoms with Crippen molar-refractivity contribution in [1.29, 1.82) is 0 Å². The van der Waals surface area contributed by atoms with Gasteiger partial charge in [-0.05, 0) is 26.7 Å². The van der Waals surface area contributed by atoms with Crippen LogP contribution in [-0.4, -0.2) is 38.9 Å². The third-order valence-electron chi connectivity index (χ3n) is 3.17. The molecule has 0 aliphatic heterocycles. The Labute approximate surface area is 113 Å². The van der Waals surface area contributed by atoms with Crippen LogP contribution in [0.4, 0.5) is 0 Å². The number of rotatable bonds is 6. The highest BCUT2D eigenvalue weighted by molar-refractivity contribution is 5.83. The van der Waals surface area contributed by atoms with Crippen molar-refractivity contribution >= 4 is 11.9 Å². The summed E-state index contributed by atoms with van der Waals surface area (Å²) in [6.07, 6.45) is 3.07. The average molecular weight is 270 g/mol. The van der Waals surface area contributed by atoms with Crippen LogP contribution < -0.4 is 0 Å². The van der Waals surface area contributed by atoms with Gasteiger partial charge in [0.1, 0.15) is 6.61 Å². The molecule has 0 heterocycles. The van der Waals surface area contributed by atoms with E-state index in [2.05, 4.69) is 0 Å². The van der Waals surface area contributed by atoms with Gasteiger partial charge in [0.15, 0.2) is 0 Å². The van der Waals surface area contributed by atoms with Crippen LogP contribution in [0.5, 0.6) is 0 Å². The van der Waals surface area contributed by atoms with Crippen molar-refractivity contribution in [3.8, 4) is 0 Å². The number of allylic oxidation sites excluding steroid dienone is 2. The van der Waals surface area contributed by atoms with Crippen LogP contribution in [0, 0.1) is 11.8 Å². The number of ether oxygens (including phenoxy) is 3. The second-order valence-electron chi connectivity index (χ2n) is 4.62. The molecule has 1 rings (SSSR count). The van der Waals surface area contributed by atoms with Gasteiger partial charge in [0.05, 0.1) is 25.0 Å². The molecule has 0 saturated heterocycles. The van der Waals surface area contributed by atoms with E-state index in [0.29, 0.717) is 26.1 Å². The normalized spacial score (nSPS) is 22.6. The van der Waals surface area contributed by atoms with Gasteiger partial charge < -0.3 is 14.2 Å². The van der Waals surface area contributed by atoms with Gasteiger partial charge in [0.25, 0.3) is 0 Å². The summed E-state index contributed by atoms with van der Waals surface area (Å²) < 4.78 is 15.0. The van der Waals surface area contributed by atoms with Gasteiger partial charge in [-0.15, -0.1) is 0 Å². The van der Waals surface area contributed by atoms with Gasteiger partial charge in [-0.1, -0.05) is 11.6 Å². The molecule has 2 atom stereocenters. The van der Waals surface area contributed by atoms with Crippen molar-refractivity contribution in [2.45, 2.75) is 26.7 Å². The second kappa shape index (κ2) is 7.94. The van der Waals surface area contributed by atoms with E-state index in [4.69, 9.17) is 14.2 Å². The molecule has 0 saturated carbocycles. The third-order valence-corrected chi connectivity index (χ3v) is 3.17. The maximum Gasteiger partial charge on any atom is 0.310 e. The largest absolute Gasteiger partial charge is 0.466 e. The smallest absolute Gasteiger partial charge is 0.310 e. The highest BCUT2D eigenvalue weighted by Crippen LogP contribution is 2.31. The molecule has 0 radical (unpaired) electrons. The first kappa shape index (κ1) is 15.7. The molecule has 5 heteroatoms. The number of hydrogen-bond donors (Lipinski definition) is 0. The van der Waals surface area contributed by atoms with Crippen molar-refractivity contribution in [2.75, 3.05) is 26.9 Å². The number of carbonyl (C=O) groups is 2. The lowest BCUT2D eigenvalue weighted by Gasteiger charge is -2.27. The number of hydrogen-bond acceptors (Lipinski definition) is 5. The fourth-order valence-electron chi connectivity index (χ4n) is 2.15. The molecular weight excluding hydrogens is 248 g/mol. The molecule has 0 aromatic heterocycles. The minimum atomic E-state index is -0.444. The maximum absolute atomic E-state index is 12.0. The molecule has 0 aromatic carbocycles. The van der Waals surface area contributed by atoms with E-state index in [1.807, 2.05) is 13.0 Å². The van der Waals surface area contributed by atoms with Gasteiger partial charge in [-0.3, -0.25) is 9.59 Å². The maximum atomic E-state index is 12.0. The van der Waals surface area contributed by atoms with E-state index in [0.717, 1.165) is 5.57 Å². The molecule has 0 amide bonds. The molecule has 1 aliphatic carbocycles. The van der Waals surface area contributed by atoms with Gasteiger partial charge in [0.2, 0.25) is 0 Å². The monoisotopic (exact) mass is 270 g/mol. The summed E-state index contributed by atoms with van der Waals surface area (Å²) in [5, 5.41) is 0. The first-order valence-electron chi connectivity index (χ1n) is 6.58. The zero-order valence-corrected chi connectivity index (χ0v) is 11.8. The van der Waals surface area contributed by atoms with Crippen molar-refractivity contribution in [1.82, 2.24) is 0 Å². The summed E-state index contributed by atoms with van der Waals surface area (Å²) in [5.74, 6) is -1.54. The Hall–Kier alpha value is -1.36. The zero-order chi connectivity index (χ0) is 14.3. The van der Waals surface area contributed by atoms with Crippen molar-refractivity contribution in [2.24, 2.45) is 11.8 Å². The summed E-state index contributed by atoms with van der Waals surface area (Å²) in [5.41, 5.74) is 1.11. The van der Waals surface area contributed by atoms with Crippen molar-refractivity contribution in [3.63, 3.8) is 0 Å². The van der Waals surface area contributed by atoms with E-state index in [1.54, 1.807) is 14.0 Å².